The highest BCUT2D eigenvalue weighted by Gasteiger charge is 2.22. The maximum atomic E-state index is 12.6. The number of aromatic nitrogens is 1. The minimum absolute atomic E-state index is 0.108. The Morgan fingerprint density at radius 3 is 2.67 bits per heavy atom. The van der Waals surface area contributed by atoms with Gasteiger partial charge in [0.15, 0.2) is 0 Å². The van der Waals surface area contributed by atoms with Gasteiger partial charge in [-0.15, -0.1) is 0 Å². The average molecular weight is 370 g/mol. The van der Waals surface area contributed by atoms with Crippen LogP contribution in [0.5, 0.6) is 5.75 Å². The van der Waals surface area contributed by atoms with Crippen molar-refractivity contribution in [2.45, 2.75) is 64.3 Å². The second-order valence-electron chi connectivity index (χ2n) is 7.35. The number of ether oxygens (including phenoxy) is 1. The Bertz CT molecular complexity index is 807. The number of fused-ring (bicyclic) bond motifs is 1. The van der Waals surface area contributed by atoms with Gasteiger partial charge in [-0.3, -0.25) is 9.59 Å². The van der Waals surface area contributed by atoms with Crippen molar-refractivity contribution in [3.63, 3.8) is 0 Å². The Morgan fingerprint density at radius 1 is 1.15 bits per heavy atom. The number of nitrogens with zero attached hydrogens (tertiary/aromatic N) is 1. The van der Waals surface area contributed by atoms with E-state index in [1.807, 2.05) is 18.2 Å². The van der Waals surface area contributed by atoms with Crippen molar-refractivity contribution in [1.82, 2.24) is 9.88 Å². The van der Waals surface area contributed by atoms with E-state index in [2.05, 4.69) is 16.8 Å². The zero-order valence-corrected chi connectivity index (χ0v) is 16.2. The first-order valence-corrected chi connectivity index (χ1v) is 10.2. The molecule has 2 aromatic rings. The molecule has 1 aromatic heterocycles. The summed E-state index contributed by atoms with van der Waals surface area (Å²) in [5, 5.41) is 0.939. The van der Waals surface area contributed by atoms with Crippen LogP contribution in [0.2, 0.25) is 0 Å². The van der Waals surface area contributed by atoms with E-state index in [1.54, 1.807) is 6.07 Å². The van der Waals surface area contributed by atoms with Crippen LogP contribution in [-0.4, -0.2) is 35.0 Å². The Kier molecular flexibility index (Phi) is 6.91. The number of pyridine rings is 1. The molecule has 1 heterocycles. The smallest absolute Gasteiger partial charge is 0.248 e. The molecular weight excluding hydrogens is 340 g/mol. The monoisotopic (exact) mass is 370 g/mol. The van der Waals surface area contributed by atoms with Gasteiger partial charge in [-0.25, -0.2) is 0 Å². The molecule has 0 spiro atoms. The zero-order valence-electron chi connectivity index (χ0n) is 16.2. The highest BCUT2D eigenvalue weighted by Crippen LogP contribution is 2.23. The lowest BCUT2D eigenvalue weighted by molar-refractivity contribution is -0.133. The van der Waals surface area contributed by atoms with Crippen LogP contribution < -0.4 is 10.3 Å². The molecule has 1 saturated carbocycles. The van der Waals surface area contributed by atoms with Gasteiger partial charge in [-0.2, -0.15) is 0 Å². The van der Waals surface area contributed by atoms with Crippen LogP contribution in [0.1, 0.15) is 58.3 Å². The van der Waals surface area contributed by atoms with Gasteiger partial charge in [0.2, 0.25) is 11.5 Å². The van der Waals surface area contributed by atoms with Crippen molar-refractivity contribution in [2.24, 2.45) is 0 Å². The molecule has 1 fully saturated rings. The summed E-state index contributed by atoms with van der Waals surface area (Å²) in [4.78, 5) is 28.8. The molecule has 1 N–H and O–H groups in total. The summed E-state index contributed by atoms with van der Waals surface area (Å²) >= 11 is 0. The summed E-state index contributed by atoms with van der Waals surface area (Å²) in [7, 11) is 0. The largest absolute Gasteiger partial charge is 0.494 e. The van der Waals surface area contributed by atoms with Crippen LogP contribution in [0.3, 0.4) is 0 Å². The molecular formula is C22H30N2O3. The molecule has 0 radical (unpaired) electrons. The van der Waals surface area contributed by atoms with Crippen molar-refractivity contribution in [3.8, 4) is 5.75 Å². The maximum absolute atomic E-state index is 12.6. The molecule has 0 aliphatic heterocycles. The van der Waals surface area contributed by atoms with E-state index in [0.29, 0.717) is 25.5 Å². The van der Waals surface area contributed by atoms with Crippen molar-refractivity contribution in [2.75, 3.05) is 13.2 Å². The highest BCUT2D eigenvalue weighted by molar-refractivity contribution is 5.79. The Hall–Kier alpha value is -2.30. The summed E-state index contributed by atoms with van der Waals surface area (Å²) in [6.07, 6.45) is 8.63. The molecule has 3 rings (SSSR count). The van der Waals surface area contributed by atoms with Gasteiger partial charge in [0.1, 0.15) is 5.75 Å². The van der Waals surface area contributed by atoms with Gasteiger partial charge < -0.3 is 14.6 Å². The number of H-pyrrole nitrogens is 1. The number of hydrogen-bond donors (Lipinski definition) is 1. The summed E-state index contributed by atoms with van der Waals surface area (Å²) in [6.45, 7) is 3.40. The number of amides is 1. The Balaban J connectivity index is 1.48. The molecule has 1 aliphatic rings. The molecule has 0 bridgehead atoms. The van der Waals surface area contributed by atoms with Gasteiger partial charge in [-0.05, 0) is 50.5 Å². The predicted molar refractivity (Wildman–Crippen MR) is 108 cm³/mol. The lowest BCUT2D eigenvalue weighted by atomic mass is 10.1. The van der Waals surface area contributed by atoms with Gasteiger partial charge in [0.25, 0.3) is 0 Å². The van der Waals surface area contributed by atoms with Crippen molar-refractivity contribution in [1.29, 1.82) is 0 Å². The minimum atomic E-state index is -0.108. The SMILES string of the molecule is CCN(C(=O)CCCOc1ccc2[nH]c(=O)ccc2c1)C1CCCCCC1. The van der Waals surface area contributed by atoms with Gasteiger partial charge in [0, 0.05) is 36.0 Å². The Labute approximate surface area is 160 Å². The van der Waals surface area contributed by atoms with Gasteiger partial charge in [-0.1, -0.05) is 25.7 Å². The first-order chi connectivity index (χ1) is 13.2. The summed E-state index contributed by atoms with van der Waals surface area (Å²) in [5.74, 6) is 1.02. The number of rotatable bonds is 7. The molecule has 27 heavy (non-hydrogen) atoms. The third-order valence-corrected chi connectivity index (χ3v) is 5.43. The topological polar surface area (TPSA) is 62.4 Å². The maximum Gasteiger partial charge on any atom is 0.248 e. The number of carbonyl (C=O) groups is 1. The van der Waals surface area contributed by atoms with Crippen LogP contribution >= 0.6 is 0 Å². The fraction of sp³-hybridized carbons (Fsp3) is 0.545. The van der Waals surface area contributed by atoms with Crippen molar-refractivity contribution in [3.05, 3.63) is 40.7 Å². The minimum Gasteiger partial charge on any atom is -0.494 e. The summed E-state index contributed by atoms with van der Waals surface area (Å²) in [6, 6.07) is 9.34. The molecule has 1 aliphatic carbocycles. The van der Waals surface area contributed by atoms with E-state index in [-0.39, 0.29) is 11.5 Å². The quantitative estimate of drug-likeness (QED) is 0.585. The number of hydrogen-bond acceptors (Lipinski definition) is 3. The third-order valence-electron chi connectivity index (χ3n) is 5.43. The Morgan fingerprint density at radius 2 is 1.93 bits per heavy atom. The number of benzene rings is 1. The fourth-order valence-corrected chi connectivity index (χ4v) is 3.99. The van der Waals surface area contributed by atoms with E-state index in [1.165, 1.54) is 31.7 Å². The molecule has 0 atom stereocenters. The molecule has 1 aromatic carbocycles. The number of carbonyl (C=O) groups excluding carboxylic acids is 1. The van der Waals surface area contributed by atoms with Crippen LogP contribution in [0.4, 0.5) is 0 Å². The fourth-order valence-electron chi connectivity index (χ4n) is 3.99. The summed E-state index contributed by atoms with van der Waals surface area (Å²) < 4.78 is 5.81. The van der Waals surface area contributed by atoms with Crippen molar-refractivity contribution < 1.29 is 9.53 Å². The molecule has 5 heteroatoms. The lowest BCUT2D eigenvalue weighted by Gasteiger charge is -2.30. The lowest BCUT2D eigenvalue weighted by Crippen LogP contribution is -2.40. The van der Waals surface area contributed by atoms with Crippen LogP contribution in [0, 0.1) is 0 Å². The average Bonchev–Trinajstić information content (AvgIpc) is 2.95. The van der Waals surface area contributed by atoms with Crippen LogP contribution in [-0.2, 0) is 4.79 Å². The van der Waals surface area contributed by atoms with E-state index >= 15 is 0 Å². The second-order valence-corrected chi connectivity index (χ2v) is 7.35. The van der Waals surface area contributed by atoms with Crippen LogP contribution in [0.15, 0.2) is 35.1 Å². The molecule has 0 saturated heterocycles. The first kappa shape index (κ1) is 19.5. The predicted octanol–water partition coefficient (Wildman–Crippen LogP) is 4.26. The first-order valence-electron chi connectivity index (χ1n) is 10.2. The van der Waals surface area contributed by atoms with E-state index in [0.717, 1.165) is 36.0 Å². The second kappa shape index (κ2) is 9.58. The van der Waals surface area contributed by atoms with Crippen molar-refractivity contribution >= 4 is 16.8 Å². The zero-order chi connectivity index (χ0) is 19.1. The van der Waals surface area contributed by atoms with Crippen LogP contribution in [0.25, 0.3) is 10.9 Å². The highest BCUT2D eigenvalue weighted by atomic mass is 16.5. The molecule has 5 nitrogen and oxygen atoms in total. The summed E-state index contributed by atoms with van der Waals surface area (Å²) in [5.41, 5.74) is 0.691. The van der Waals surface area contributed by atoms with E-state index in [4.69, 9.17) is 4.74 Å². The molecule has 146 valence electrons. The van der Waals surface area contributed by atoms with E-state index in [9.17, 15) is 9.59 Å². The molecule has 0 unspecified atom stereocenters. The van der Waals surface area contributed by atoms with Gasteiger partial charge in [0.05, 0.1) is 6.61 Å². The number of nitrogens with one attached hydrogen (secondary N) is 1. The normalized spacial score (nSPS) is 15.4. The standard InChI is InChI=1S/C22H30N2O3/c1-2-24(18-8-5-3-4-6-9-18)22(26)10-7-15-27-19-12-13-20-17(16-19)11-14-21(25)23-20/h11-14,16,18H,2-10,15H2,1H3,(H,23,25). The third kappa shape index (κ3) is 5.34. The van der Waals surface area contributed by atoms with Gasteiger partial charge >= 0.3 is 0 Å². The molecule has 1 amide bonds. The number of aromatic amines is 1. The van der Waals surface area contributed by atoms with E-state index < -0.39 is 0 Å².